The molecular weight excluding hydrogens is 360 g/mol. The Morgan fingerprint density at radius 3 is 1.63 bits per heavy atom. The highest BCUT2D eigenvalue weighted by Gasteiger charge is 2.36. The molecule has 0 saturated carbocycles. The first kappa shape index (κ1) is 26.3. The maximum absolute atomic E-state index is 11.1. The first-order chi connectivity index (χ1) is 13.0. The van der Waals surface area contributed by atoms with E-state index >= 15 is 0 Å². The van der Waals surface area contributed by atoms with Crippen LogP contribution in [0.1, 0.15) is 84.0 Å². The molecule has 0 saturated heterocycles. The van der Waals surface area contributed by atoms with Gasteiger partial charge in [0, 0.05) is 33.4 Å². The summed E-state index contributed by atoms with van der Waals surface area (Å²) in [6.45, 7) is 5.36. The van der Waals surface area contributed by atoms with E-state index in [0.29, 0.717) is 0 Å². The molecule has 27 heavy (non-hydrogen) atoms. The number of hydrogen-bond donors (Lipinski definition) is 0. The monoisotopic (exact) mass is 402 g/mol. The summed E-state index contributed by atoms with van der Waals surface area (Å²) < 4.78 is 21.5. The van der Waals surface area contributed by atoms with Gasteiger partial charge in [-0.05, 0) is 26.2 Å². The molecule has 5 nitrogen and oxygen atoms in total. The van der Waals surface area contributed by atoms with E-state index in [0.717, 1.165) is 25.3 Å². The number of carbonyl (C=O) groups is 1. The minimum atomic E-state index is -2.36. The number of unbranched alkanes of at least 4 members (excludes halogenated alkanes) is 10. The van der Waals surface area contributed by atoms with Gasteiger partial charge in [-0.15, -0.1) is 0 Å². The summed E-state index contributed by atoms with van der Waals surface area (Å²) in [5.41, 5.74) is 0. The molecule has 0 aromatic carbocycles. The summed E-state index contributed by atoms with van der Waals surface area (Å²) in [5.74, 6) is -0.319. The molecule has 1 unspecified atom stereocenters. The lowest BCUT2D eigenvalue weighted by atomic mass is 10.0. The quantitative estimate of drug-likeness (QED) is 0.121. The maximum atomic E-state index is 11.1. The smallest absolute Gasteiger partial charge is 0.460 e. The zero-order valence-electron chi connectivity index (χ0n) is 18.1. The molecule has 0 heterocycles. The third-order valence-corrected chi connectivity index (χ3v) is 7.84. The van der Waals surface area contributed by atoms with Gasteiger partial charge in [0.2, 0.25) is 0 Å². The van der Waals surface area contributed by atoms with Gasteiger partial charge < -0.3 is 18.0 Å². The first-order valence-electron chi connectivity index (χ1n) is 10.5. The second-order valence-corrected chi connectivity index (χ2v) is 10.3. The molecule has 6 heteroatoms. The van der Waals surface area contributed by atoms with E-state index in [1.165, 1.54) is 63.9 Å². The Balaban J connectivity index is 3.36. The van der Waals surface area contributed by atoms with Crippen molar-refractivity contribution in [3.8, 4) is 0 Å². The molecule has 0 amide bonds. The average Bonchev–Trinajstić information content (AvgIpc) is 2.68. The van der Waals surface area contributed by atoms with E-state index < -0.39 is 8.80 Å². The second-order valence-electron chi connectivity index (χ2n) is 7.17. The fraction of sp³-hybridized carbons (Fsp3) is 0.857. The maximum Gasteiger partial charge on any atom is 0.500 e. The highest BCUT2D eigenvalue weighted by Crippen LogP contribution is 2.18. The van der Waals surface area contributed by atoms with Gasteiger partial charge in [-0.25, -0.2) is 4.79 Å². The highest BCUT2D eigenvalue weighted by molar-refractivity contribution is 6.60. The van der Waals surface area contributed by atoms with Gasteiger partial charge in [0.25, 0.3) is 0 Å². The molecule has 0 radical (unpaired) electrons. The molecule has 160 valence electrons. The molecule has 0 rings (SSSR count). The van der Waals surface area contributed by atoms with Gasteiger partial charge >= 0.3 is 14.8 Å². The van der Waals surface area contributed by atoms with Gasteiger partial charge in [-0.2, -0.15) is 0 Å². The standard InChI is InChI=1S/C21H42O5Si/c1-6-21(22)26-20(2)18-16-14-12-10-8-7-9-11-13-15-17-19-27(23-3,24-4)25-5/h6,20H,1,7-19H2,2-5H3. The fourth-order valence-corrected chi connectivity index (χ4v) is 5.02. The van der Waals surface area contributed by atoms with Crippen LogP contribution in [0.4, 0.5) is 0 Å². The second kappa shape index (κ2) is 17.4. The van der Waals surface area contributed by atoms with Crippen LogP contribution in [0.15, 0.2) is 12.7 Å². The van der Waals surface area contributed by atoms with Crippen LogP contribution in [0.25, 0.3) is 0 Å². The normalized spacial score (nSPS) is 12.7. The first-order valence-corrected chi connectivity index (χ1v) is 12.4. The van der Waals surface area contributed by atoms with E-state index in [2.05, 4.69) is 6.58 Å². The van der Waals surface area contributed by atoms with Crippen molar-refractivity contribution in [1.82, 2.24) is 0 Å². The van der Waals surface area contributed by atoms with Crippen LogP contribution in [-0.4, -0.2) is 42.2 Å². The van der Waals surface area contributed by atoms with E-state index in [4.69, 9.17) is 18.0 Å². The lowest BCUT2D eigenvalue weighted by molar-refractivity contribution is -0.142. The lowest BCUT2D eigenvalue weighted by Gasteiger charge is -2.24. The number of carbonyl (C=O) groups excluding carboxylic acids is 1. The molecule has 0 aromatic rings. The summed E-state index contributed by atoms with van der Waals surface area (Å²) in [6, 6.07) is 0.905. The van der Waals surface area contributed by atoms with Crippen molar-refractivity contribution in [2.24, 2.45) is 0 Å². The molecule has 0 aliphatic rings. The zero-order valence-corrected chi connectivity index (χ0v) is 19.1. The largest absolute Gasteiger partial charge is 0.500 e. The summed E-state index contributed by atoms with van der Waals surface area (Å²) in [6.07, 6.45) is 16.0. The van der Waals surface area contributed by atoms with Crippen LogP contribution in [0.5, 0.6) is 0 Å². The Morgan fingerprint density at radius 2 is 1.22 bits per heavy atom. The Kier molecular flexibility index (Phi) is 17.0. The third-order valence-electron chi connectivity index (χ3n) is 5.01. The topological polar surface area (TPSA) is 54.0 Å². The number of rotatable bonds is 19. The summed E-state index contributed by atoms with van der Waals surface area (Å²) in [5, 5.41) is 0. The summed E-state index contributed by atoms with van der Waals surface area (Å²) >= 11 is 0. The Bertz CT molecular complexity index is 363. The number of esters is 1. The van der Waals surface area contributed by atoms with Gasteiger partial charge in [-0.1, -0.05) is 64.4 Å². The minimum Gasteiger partial charge on any atom is -0.460 e. The molecule has 0 aromatic heterocycles. The van der Waals surface area contributed by atoms with Crippen molar-refractivity contribution in [1.29, 1.82) is 0 Å². The van der Waals surface area contributed by atoms with E-state index in [-0.39, 0.29) is 12.1 Å². The number of hydrogen-bond acceptors (Lipinski definition) is 5. The minimum absolute atomic E-state index is 0.00000788. The van der Waals surface area contributed by atoms with Crippen LogP contribution in [0, 0.1) is 0 Å². The summed E-state index contributed by atoms with van der Waals surface area (Å²) in [4.78, 5) is 11.1. The molecule has 0 fully saturated rings. The van der Waals surface area contributed by atoms with Gasteiger partial charge in [0.05, 0.1) is 6.10 Å². The zero-order chi connectivity index (χ0) is 20.4. The Labute approximate surface area is 168 Å². The average molecular weight is 403 g/mol. The Morgan fingerprint density at radius 1 is 0.815 bits per heavy atom. The molecule has 0 bridgehead atoms. The lowest BCUT2D eigenvalue weighted by Crippen LogP contribution is -2.42. The van der Waals surface area contributed by atoms with Crippen LogP contribution in [0.2, 0.25) is 6.04 Å². The summed E-state index contributed by atoms with van der Waals surface area (Å²) in [7, 11) is 2.67. The predicted octanol–water partition coefficient (Wildman–Crippen LogP) is 5.66. The van der Waals surface area contributed by atoms with Gasteiger partial charge in [-0.3, -0.25) is 0 Å². The van der Waals surface area contributed by atoms with Crippen LogP contribution in [0.3, 0.4) is 0 Å². The predicted molar refractivity (Wildman–Crippen MR) is 113 cm³/mol. The Hall–Kier alpha value is -0.693. The van der Waals surface area contributed by atoms with Crippen molar-refractivity contribution in [3.05, 3.63) is 12.7 Å². The SMILES string of the molecule is C=CC(=O)OC(C)CCCCCCCCCCCCC[Si](OC)(OC)OC. The van der Waals surface area contributed by atoms with Crippen LogP contribution in [-0.2, 0) is 22.8 Å². The van der Waals surface area contributed by atoms with Gasteiger partial charge in [0.15, 0.2) is 0 Å². The highest BCUT2D eigenvalue weighted by atomic mass is 28.4. The molecule has 0 N–H and O–H groups in total. The fourth-order valence-electron chi connectivity index (χ4n) is 3.23. The van der Waals surface area contributed by atoms with E-state index in [1.807, 2.05) is 6.92 Å². The molecule has 0 spiro atoms. The van der Waals surface area contributed by atoms with Crippen LogP contribution >= 0.6 is 0 Å². The van der Waals surface area contributed by atoms with Crippen molar-refractivity contribution >= 4 is 14.8 Å². The third kappa shape index (κ3) is 14.0. The van der Waals surface area contributed by atoms with Gasteiger partial charge in [0.1, 0.15) is 0 Å². The molecule has 0 aliphatic heterocycles. The molecule has 0 aliphatic carbocycles. The van der Waals surface area contributed by atoms with E-state index in [1.54, 1.807) is 21.3 Å². The van der Waals surface area contributed by atoms with E-state index in [9.17, 15) is 4.79 Å². The van der Waals surface area contributed by atoms with Crippen LogP contribution < -0.4 is 0 Å². The van der Waals surface area contributed by atoms with Crippen molar-refractivity contribution in [2.75, 3.05) is 21.3 Å². The van der Waals surface area contributed by atoms with Crippen molar-refractivity contribution in [3.63, 3.8) is 0 Å². The van der Waals surface area contributed by atoms with Crippen molar-refractivity contribution < 1.29 is 22.8 Å². The molecular formula is C21H42O5Si. The number of ether oxygens (including phenoxy) is 1. The van der Waals surface area contributed by atoms with Crippen molar-refractivity contribution in [2.45, 2.75) is 96.1 Å². The molecule has 1 atom stereocenters.